The molecule has 2 N–H and O–H groups in total. The van der Waals surface area contributed by atoms with Gasteiger partial charge in [0.25, 0.3) is 11.8 Å². The van der Waals surface area contributed by atoms with Crippen molar-refractivity contribution in [2.24, 2.45) is 23.7 Å². The zero-order valence-corrected chi connectivity index (χ0v) is 20.4. The number of hydrazine groups is 1. The number of nitrogens with one attached hydrogen (secondary N) is 2. The first-order chi connectivity index (χ1) is 17.8. The van der Waals surface area contributed by atoms with E-state index < -0.39 is 42.3 Å². The van der Waals surface area contributed by atoms with Crippen molar-refractivity contribution in [3.63, 3.8) is 0 Å². The summed E-state index contributed by atoms with van der Waals surface area (Å²) in [6.45, 7) is -0.707. The summed E-state index contributed by atoms with van der Waals surface area (Å²) in [5.41, 5.74) is 5.41. The van der Waals surface area contributed by atoms with E-state index in [4.69, 9.17) is 16.3 Å². The number of halogens is 1. The maximum atomic E-state index is 13.3. The van der Waals surface area contributed by atoms with Gasteiger partial charge in [-0.2, -0.15) is 0 Å². The Morgan fingerprint density at radius 1 is 0.919 bits per heavy atom. The molecule has 4 amide bonds. The van der Waals surface area contributed by atoms with Crippen LogP contribution in [-0.2, 0) is 30.3 Å². The minimum absolute atomic E-state index is 0.000116. The number of ether oxygens (including phenoxy) is 1. The van der Waals surface area contributed by atoms with Crippen molar-refractivity contribution in [3.05, 3.63) is 82.9 Å². The van der Waals surface area contributed by atoms with Gasteiger partial charge in [-0.1, -0.05) is 54.1 Å². The van der Waals surface area contributed by atoms with Gasteiger partial charge in [-0.15, -0.1) is 0 Å². The van der Waals surface area contributed by atoms with Crippen LogP contribution in [0.4, 0.5) is 0 Å². The van der Waals surface area contributed by atoms with Crippen molar-refractivity contribution >= 4 is 41.2 Å². The summed E-state index contributed by atoms with van der Waals surface area (Å²) in [4.78, 5) is 65.2. The zero-order chi connectivity index (χ0) is 26.1. The fourth-order valence-electron chi connectivity index (χ4n) is 5.42. The van der Waals surface area contributed by atoms with E-state index in [0.717, 1.165) is 16.9 Å². The number of carbonyl (C=O) groups excluding carboxylic acids is 5. The standard InChI is InChI=1S/C27H24ClN3O6/c28-19-10-8-16(9-11-19)24(33)30-29-21(32)14-37-27(36)20(12-15-4-2-1-3-5-15)31-25(34)22-17-6-7-18(13-17)23(22)26(31)35/h1-11,17-18,20,22-23H,12-14H2,(H,29,32)(H,30,33)/t17-,18-,20+,22-,23+/m0/s1. The normalized spacial score (nSPS) is 24.1. The predicted octanol–water partition coefficient (Wildman–Crippen LogP) is 2.06. The quantitative estimate of drug-likeness (QED) is 0.249. The van der Waals surface area contributed by atoms with E-state index in [9.17, 15) is 24.0 Å². The number of hydrogen-bond donors (Lipinski definition) is 2. The highest BCUT2D eigenvalue weighted by Crippen LogP contribution is 2.53. The lowest BCUT2D eigenvalue weighted by Gasteiger charge is -2.26. The van der Waals surface area contributed by atoms with Crippen molar-refractivity contribution in [3.8, 4) is 0 Å². The van der Waals surface area contributed by atoms with Crippen LogP contribution in [0.2, 0.25) is 5.02 Å². The van der Waals surface area contributed by atoms with Crippen LogP contribution in [0.1, 0.15) is 22.3 Å². The lowest BCUT2D eigenvalue weighted by Crippen LogP contribution is -2.49. The van der Waals surface area contributed by atoms with Crippen LogP contribution in [0, 0.1) is 23.7 Å². The molecule has 1 aliphatic heterocycles. The highest BCUT2D eigenvalue weighted by molar-refractivity contribution is 6.30. The zero-order valence-electron chi connectivity index (χ0n) is 19.6. The van der Waals surface area contributed by atoms with Gasteiger partial charge in [-0.3, -0.25) is 34.9 Å². The van der Waals surface area contributed by atoms with Gasteiger partial charge in [0, 0.05) is 17.0 Å². The minimum Gasteiger partial charge on any atom is -0.454 e. The molecular formula is C27H24ClN3O6. The number of esters is 1. The second-order valence-corrected chi connectivity index (χ2v) is 9.81. The molecule has 1 saturated carbocycles. The topological polar surface area (TPSA) is 122 Å². The molecule has 1 heterocycles. The molecule has 2 aromatic carbocycles. The summed E-state index contributed by atoms with van der Waals surface area (Å²) < 4.78 is 5.21. The number of imide groups is 1. The molecular weight excluding hydrogens is 498 g/mol. The maximum absolute atomic E-state index is 13.3. The molecule has 37 heavy (non-hydrogen) atoms. The predicted molar refractivity (Wildman–Crippen MR) is 132 cm³/mol. The SMILES string of the molecule is O=C(COC(=O)[C@@H](Cc1ccccc1)N1C(=O)[C@@H]2[C@H](C1=O)[C@H]1C=C[C@H]2C1)NNC(=O)c1ccc(Cl)cc1. The third-order valence-corrected chi connectivity index (χ3v) is 7.38. The molecule has 0 unspecified atom stereocenters. The second-order valence-electron chi connectivity index (χ2n) is 9.37. The summed E-state index contributed by atoms with van der Waals surface area (Å²) in [6, 6.07) is 13.8. The van der Waals surface area contributed by atoms with E-state index in [1.807, 2.05) is 18.2 Å². The number of nitrogens with zero attached hydrogens (tertiary/aromatic N) is 1. The largest absolute Gasteiger partial charge is 0.454 e. The number of fused-ring (bicyclic) bond motifs is 5. The molecule has 2 aromatic rings. The number of amides is 4. The monoisotopic (exact) mass is 521 g/mol. The van der Waals surface area contributed by atoms with Crippen molar-refractivity contribution in [1.29, 1.82) is 0 Å². The third kappa shape index (κ3) is 4.86. The van der Waals surface area contributed by atoms with Crippen molar-refractivity contribution in [2.45, 2.75) is 18.9 Å². The van der Waals surface area contributed by atoms with Crippen LogP contribution in [0.5, 0.6) is 0 Å². The second kappa shape index (κ2) is 10.2. The fraction of sp³-hybridized carbons (Fsp3) is 0.296. The molecule has 5 rings (SSSR count). The lowest BCUT2D eigenvalue weighted by atomic mass is 9.85. The van der Waals surface area contributed by atoms with Gasteiger partial charge in [0.1, 0.15) is 6.04 Å². The summed E-state index contributed by atoms with van der Waals surface area (Å²) in [6.07, 6.45) is 4.80. The fourth-order valence-corrected chi connectivity index (χ4v) is 5.54. The van der Waals surface area contributed by atoms with Gasteiger partial charge in [0.15, 0.2) is 6.61 Å². The van der Waals surface area contributed by atoms with Crippen LogP contribution in [0.25, 0.3) is 0 Å². The Hall–Kier alpha value is -3.98. The van der Waals surface area contributed by atoms with Gasteiger partial charge >= 0.3 is 5.97 Å². The Labute approximate surface area is 217 Å². The van der Waals surface area contributed by atoms with Gasteiger partial charge in [0.2, 0.25) is 11.8 Å². The number of benzene rings is 2. The summed E-state index contributed by atoms with van der Waals surface area (Å²) in [5.74, 6) is -3.90. The number of allylic oxidation sites excluding steroid dienone is 2. The van der Waals surface area contributed by atoms with Gasteiger partial charge < -0.3 is 4.74 Å². The third-order valence-electron chi connectivity index (χ3n) is 7.13. The highest BCUT2D eigenvalue weighted by Gasteiger charge is 2.61. The van der Waals surface area contributed by atoms with Crippen LogP contribution >= 0.6 is 11.6 Å². The van der Waals surface area contributed by atoms with Crippen molar-refractivity contribution < 1.29 is 28.7 Å². The number of carbonyl (C=O) groups is 5. The first-order valence-electron chi connectivity index (χ1n) is 11.9. The minimum atomic E-state index is -1.20. The first-order valence-corrected chi connectivity index (χ1v) is 12.3. The molecule has 1 saturated heterocycles. The lowest BCUT2D eigenvalue weighted by molar-refractivity contribution is -0.160. The van der Waals surface area contributed by atoms with Crippen LogP contribution < -0.4 is 10.9 Å². The van der Waals surface area contributed by atoms with E-state index >= 15 is 0 Å². The Morgan fingerprint density at radius 3 is 2.16 bits per heavy atom. The van der Waals surface area contributed by atoms with E-state index in [1.165, 1.54) is 24.3 Å². The Balaban J connectivity index is 1.24. The molecule has 3 aliphatic rings. The van der Waals surface area contributed by atoms with E-state index in [-0.39, 0.29) is 35.6 Å². The molecule has 0 aromatic heterocycles. The highest BCUT2D eigenvalue weighted by atomic mass is 35.5. The average molecular weight is 522 g/mol. The molecule has 0 radical (unpaired) electrons. The van der Waals surface area contributed by atoms with Crippen LogP contribution in [-0.4, -0.2) is 47.1 Å². The van der Waals surface area contributed by atoms with Gasteiger partial charge in [-0.25, -0.2) is 4.79 Å². The number of rotatable bonds is 7. The molecule has 10 heteroatoms. The van der Waals surface area contributed by atoms with E-state index in [2.05, 4.69) is 10.9 Å². The van der Waals surface area contributed by atoms with Gasteiger partial charge in [-0.05, 0) is 48.1 Å². The van der Waals surface area contributed by atoms with Crippen LogP contribution in [0.15, 0.2) is 66.7 Å². The van der Waals surface area contributed by atoms with Gasteiger partial charge in [0.05, 0.1) is 11.8 Å². The first kappa shape index (κ1) is 24.7. The van der Waals surface area contributed by atoms with Crippen LogP contribution in [0.3, 0.4) is 0 Å². The molecule has 0 spiro atoms. The molecule has 2 bridgehead atoms. The summed E-state index contributed by atoms with van der Waals surface area (Å²) in [7, 11) is 0. The summed E-state index contributed by atoms with van der Waals surface area (Å²) >= 11 is 5.80. The molecule has 2 aliphatic carbocycles. The Bertz CT molecular complexity index is 1250. The van der Waals surface area contributed by atoms with Crippen molar-refractivity contribution in [1.82, 2.24) is 15.8 Å². The number of hydrogen-bond acceptors (Lipinski definition) is 6. The Kier molecular flexibility index (Phi) is 6.80. The number of likely N-dealkylation sites (tertiary alicyclic amines) is 1. The van der Waals surface area contributed by atoms with Crippen molar-refractivity contribution in [2.75, 3.05) is 6.61 Å². The molecule has 5 atom stereocenters. The van der Waals surface area contributed by atoms with E-state index in [1.54, 1.807) is 24.3 Å². The maximum Gasteiger partial charge on any atom is 0.330 e. The molecule has 2 fully saturated rings. The smallest absolute Gasteiger partial charge is 0.330 e. The summed E-state index contributed by atoms with van der Waals surface area (Å²) in [5, 5.41) is 0.458. The van der Waals surface area contributed by atoms with E-state index in [0.29, 0.717) is 5.02 Å². The molecule has 190 valence electrons. The molecule has 9 nitrogen and oxygen atoms in total. The average Bonchev–Trinajstić information content (AvgIpc) is 3.59. The Morgan fingerprint density at radius 2 is 1.54 bits per heavy atom.